The van der Waals surface area contributed by atoms with Crippen LogP contribution in [0.4, 0.5) is 10.5 Å². The maximum Gasteiger partial charge on any atom is 0.321 e. The van der Waals surface area contributed by atoms with Crippen LogP contribution in [0.3, 0.4) is 0 Å². The van der Waals surface area contributed by atoms with E-state index in [1.165, 1.54) is 9.80 Å². The van der Waals surface area contributed by atoms with E-state index in [0.717, 1.165) is 0 Å². The van der Waals surface area contributed by atoms with Crippen LogP contribution in [0.5, 0.6) is 0 Å². The molecule has 0 aliphatic carbocycles. The van der Waals surface area contributed by atoms with Gasteiger partial charge >= 0.3 is 6.03 Å². The number of carbonyl (C=O) groups is 6. The van der Waals surface area contributed by atoms with Gasteiger partial charge in [-0.1, -0.05) is 0 Å². The zero-order chi connectivity index (χ0) is 21.9. The first kappa shape index (κ1) is 19.2. The van der Waals surface area contributed by atoms with Crippen molar-refractivity contribution in [2.75, 3.05) is 18.4 Å². The third-order valence-corrected chi connectivity index (χ3v) is 6.30. The summed E-state index contributed by atoms with van der Waals surface area (Å²) < 4.78 is 0. The standard InChI is InChI=1S/C20H19N5O6/c26-15-4-3-14(18(29)22-15)25-6-9-5-10(1-2-11(9)19(25)30)21-20(31)24-7-12-13(8-24)17(28)23-16(12)27/h1-2,5,12-14H,3-4,6-8H2,(H,21,31)(H,22,26,29)(H,23,27,28)/t12-,13+,14?. The molecule has 11 heteroatoms. The summed E-state index contributed by atoms with van der Waals surface area (Å²) in [5, 5.41) is 7.28. The first-order valence-electron chi connectivity index (χ1n) is 10.00. The molecule has 160 valence electrons. The number of hydrogen-bond donors (Lipinski definition) is 3. The van der Waals surface area contributed by atoms with Gasteiger partial charge in [0.25, 0.3) is 5.91 Å². The lowest BCUT2D eigenvalue weighted by Crippen LogP contribution is -2.52. The van der Waals surface area contributed by atoms with Crippen LogP contribution < -0.4 is 16.0 Å². The van der Waals surface area contributed by atoms with Gasteiger partial charge in [-0.25, -0.2) is 4.79 Å². The largest absolute Gasteiger partial charge is 0.323 e. The average molecular weight is 425 g/mol. The quantitative estimate of drug-likeness (QED) is 0.528. The van der Waals surface area contributed by atoms with Gasteiger partial charge in [0.2, 0.25) is 23.6 Å². The molecule has 4 heterocycles. The number of fused-ring (bicyclic) bond motifs is 2. The highest BCUT2D eigenvalue weighted by molar-refractivity contribution is 6.07. The number of urea groups is 1. The van der Waals surface area contributed by atoms with Gasteiger partial charge in [0, 0.05) is 37.3 Å². The van der Waals surface area contributed by atoms with Gasteiger partial charge in [0.1, 0.15) is 6.04 Å². The number of piperidine rings is 1. The molecular weight excluding hydrogens is 406 g/mol. The second-order valence-corrected chi connectivity index (χ2v) is 8.17. The Balaban J connectivity index is 1.27. The summed E-state index contributed by atoms with van der Waals surface area (Å²) in [6.07, 6.45) is 0.452. The highest BCUT2D eigenvalue weighted by Gasteiger charge is 2.49. The molecule has 3 N–H and O–H groups in total. The molecule has 7 amide bonds. The number of hydrogen-bond acceptors (Lipinski definition) is 6. The summed E-state index contributed by atoms with van der Waals surface area (Å²) in [6.45, 7) is 0.536. The maximum absolute atomic E-state index is 12.7. The van der Waals surface area contributed by atoms with Gasteiger partial charge in [0.15, 0.2) is 0 Å². The van der Waals surface area contributed by atoms with Crippen molar-refractivity contribution in [3.63, 3.8) is 0 Å². The van der Waals surface area contributed by atoms with E-state index in [1.54, 1.807) is 18.2 Å². The number of carbonyl (C=O) groups excluding carboxylic acids is 6. The molecule has 5 rings (SSSR count). The molecule has 11 nitrogen and oxygen atoms in total. The van der Waals surface area contributed by atoms with Crippen LogP contribution in [-0.4, -0.2) is 64.5 Å². The monoisotopic (exact) mass is 425 g/mol. The van der Waals surface area contributed by atoms with Crippen molar-refractivity contribution in [3.8, 4) is 0 Å². The second kappa shape index (κ2) is 6.89. The van der Waals surface area contributed by atoms with Crippen LogP contribution in [0.1, 0.15) is 28.8 Å². The summed E-state index contributed by atoms with van der Waals surface area (Å²) in [5.74, 6) is -2.86. The van der Waals surface area contributed by atoms with Gasteiger partial charge in [-0.15, -0.1) is 0 Å². The van der Waals surface area contributed by atoms with E-state index < -0.39 is 29.8 Å². The van der Waals surface area contributed by atoms with Crippen LogP contribution in [-0.2, 0) is 25.7 Å². The van der Waals surface area contributed by atoms with Crippen molar-refractivity contribution >= 4 is 41.3 Å². The van der Waals surface area contributed by atoms with Gasteiger partial charge < -0.3 is 15.1 Å². The van der Waals surface area contributed by atoms with Crippen LogP contribution in [0, 0.1) is 11.8 Å². The Bertz CT molecular complexity index is 1050. The molecular formula is C20H19N5O6. The van der Waals surface area contributed by atoms with Crippen molar-refractivity contribution < 1.29 is 28.8 Å². The molecule has 1 aromatic carbocycles. The number of anilines is 1. The maximum atomic E-state index is 12.7. The second-order valence-electron chi connectivity index (χ2n) is 8.17. The van der Waals surface area contributed by atoms with Gasteiger partial charge in [-0.3, -0.25) is 34.6 Å². The van der Waals surface area contributed by atoms with Crippen molar-refractivity contribution in [3.05, 3.63) is 29.3 Å². The highest BCUT2D eigenvalue weighted by Crippen LogP contribution is 2.31. The molecule has 31 heavy (non-hydrogen) atoms. The Labute approximate surface area is 176 Å². The Morgan fingerprint density at radius 2 is 1.68 bits per heavy atom. The number of rotatable bonds is 2. The molecule has 0 saturated carbocycles. The number of imide groups is 2. The van der Waals surface area contributed by atoms with E-state index in [4.69, 9.17) is 0 Å². The fourth-order valence-electron chi connectivity index (χ4n) is 4.66. The highest BCUT2D eigenvalue weighted by atomic mass is 16.2. The van der Waals surface area contributed by atoms with E-state index in [-0.39, 0.29) is 56.1 Å². The van der Waals surface area contributed by atoms with Crippen molar-refractivity contribution in [1.29, 1.82) is 0 Å². The first-order valence-corrected chi connectivity index (χ1v) is 10.00. The molecule has 0 radical (unpaired) electrons. The minimum absolute atomic E-state index is 0.167. The van der Waals surface area contributed by atoms with Gasteiger partial charge in [0.05, 0.1) is 11.8 Å². The fraction of sp³-hybridized carbons (Fsp3) is 0.400. The number of benzene rings is 1. The van der Waals surface area contributed by atoms with E-state index in [0.29, 0.717) is 16.8 Å². The molecule has 0 spiro atoms. The Hall–Kier alpha value is -3.76. The van der Waals surface area contributed by atoms with Gasteiger partial charge in [-0.05, 0) is 30.2 Å². The smallest absolute Gasteiger partial charge is 0.321 e. The molecule has 4 aliphatic heterocycles. The average Bonchev–Trinajstić information content (AvgIpc) is 3.37. The van der Waals surface area contributed by atoms with E-state index in [1.807, 2.05) is 0 Å². The molecule has 3 atom stereocenters. The SMILES string of the molecule is O=C1CCC(N2Cc3cc(NC(=O)N4C[C@@H]5C(=O)NC(=O)[C@@H]5C4)ccc3C2=O)C(=O)N1. The zero-order valence-corrected chi connectivity index (χ0v) is 16.3. The molecule has 0 aromatic heterocycles. The third-order valence-electron chi connectivity index (χ3n) is 6.30. The van der Waals surface area contributed by atoms with Crippen LogP contribution >= 0.6 is 0 Å². The van der Waals surface area contributed by atoms with Crippen LogP contribution in [0.15, 0.2) is 18.2 Å². The van der Waals surface area contributed by atoms with E-state index >= 15 is 0 Å². The summed E-state index contributed by atoms with van der Waals surface area (Å²) in [5.41, 5.74) is 1.58. The van der Waals surface area contributed by atoms with Crippen molar-refractivity contribution in [2.24, 2.45) is 11.8 Å². The third kappa shape index (κ3) is 3.13. The molecule has 3 fully saturated rings. The predicted octanol–water partition coefficient (Wildman–Crippen LogP) is -0.816. The summed E-state index contributed by atoms with van der Waals surface area (Å²) >= 11 is 0. The van der Waals surface area contributed by atoms with Crippen molar-refractivity contribution in [1.82, 2.24) is 20.4 Å². The van der Waals surface area contributed by atoms with Crippen molar-refractivity contribution in [2.45, 2.75) is 25.4 Å². The number of amides is 7. The fourth-order valence-corrected chi connectivity index (χ4v) is 4.66. The summed E-state index contributed by atoms with van der Waals surface area (Å²) in [6, 6.07) is 3.72. The minimum atomic E-state index is -0.705. The predicted molar refractivity (Wildman–Crippen MR) is 103 cm³/mol. The zero-order valence-electron chi connectivity index (χ0n) is 16.3. The molecule has 4 aliphatic rings. The van der Waals surface area contributed by atoms with E-state index in [9.17, 15) is 28.8 Å². The lowest BCUT2D eigenvalue weighted by Gasteiger charge is -2.29. The first-order chi connectivity index (χ1) is 14.8. The number of nitrogens with zero attached hydrogens (tertiary/aromatic N) is 2. The van der Waals surface area contributed by atoms with Gasteiger partial charge in [-0.2, -0.15) is 0 Å². The Morgan fingerprint density at radius 1 is 0.968 bits per heavy atom. The van der Waals surface area contributed by atoms with E-state index in [2.05, 4.69) is 16.0 Å². The number of likely N-dealkylation sites (tertiary alicyclic amines) is 1. The Kier molecular flexibility index (Phi) is 4.27. The molecule has 0 bridgehead atoms. The molecule has 1 aromatic rings. The number of nitrogens with one attached hydrogen (secondary N) is 3. The van der Waals surface area contributed by atoms with Crippen LogP contribution in [0.25, 0.3) is 0 Å². The summed E-state index contributed by atoms with van der Waals surface area (Å²) in [7, 11) is 0. The lowest BCUT2D eigenvalue weighted by molar-refractivity contribution is -0.137. The minimum Gasteiger partial charge on any atom is -0.323 e. The summed E-state index contributed by atoms with van der Waals surface area (Å²) in [4.78, 5) is 75.3. The topological polar surface area (TPSA) is 145 Å². The molecule has 3 saturated heterocycles. The van der Waals surface area contributed by atoms with Crippen LogP contribution in [0.2, 0.25) is 0 Å². The Morgan fingerprint density at radius 3 is 2.35 bits per heavy atom. The lowest BCUT2D eigenvalue weighted by atomic mass is 10.00. The normalized spacial score (nSPS) is 27.2. The molecule has 1 unspecified atom stereocenters.